The summed E-state index contributed by atoms with van der Waals surface area (Å²) < 4.78 is 22.6. The fourth-order valence-corrected chi connectivity index (χ4v) is 3.29. The van der Waals surface area contributed by atoms with Crippen molar-refractivity contribution in [3.05, 3.63) is 16.1 Å². The van der Waals surface area contributed by atoms with Crippen molar-refractivity contribution in [2.24, 2.45) is 5.73 Å². The number of sulfone groups is 1. The maximum atomic E-state index is 11.3. The fourth-order valence-electron chi connectivity index (χ4n) is 1.53. The van der Waals surface area contributed by atoms with Crippen molar-refractivity contribution in [3.63, 3.8) is 0 Å². The Labute approximate surface area is 107 Å². The van der Waals surface area contributed by atoms with Crippen LogP contribution in [0, 0.1) is 6.92 Å². The van der Waals surface area contributed by atoms with E-state index in [1.165, 1.54) is 0 Å². The van der Waals surface area contributed by atoms with Gasteiger partial charge in [-0.25, -0.2) is 13.4 Å². The van der Waals surface area contributed by atoms with E-state index < -0.39 is 9.84 Å². The van der Waals surface area contributed by atoms with Gasteiger partial charge in [-0.2, -0.15) is 0 Å². The van der Waals surface area contributed by atoms with Crippen LogP contribution >= 0.6 is 11.3 Å². The predicted molar refractivity (Wildman–Crippen MR) is 72.1 cm³/mol. The van der Waals surface area contributed by atoms with Gasteiger partial charge in [-0.15, -0.1) is 11.3 Å². The molecule has 1 aromatic heterocycles. The van der Waals surface area contributed by atoms with Crippen molar-refractivity contribution in [1.82, 2.24) is 4.98 Å². The SMILES string of the molecule is CCS(=O)(=O)CCCC(N)Cc1nc(C)cs1. The first-order chi connectivity index (χ1) is 7.93. The van der Waals surface area contributed by atoms with Gasteiger partial charge in [-0.05, 0) is 19.8 Å². The number of hydrogen-bond donors (Lipinski definition) is 1. The number of aromatic nitrogens is 1. The Morgan fingerprint density at radius 2 is 2.24 bits per heavy atom. The quantitative estimate of drug-likeness (QED) is 0.820. The summed E-state index contributed by atoms with van der Waals surface area (Å²) in [5.41, 5.74) is 6.98. The molecular formula is C11H20N2O2S2. The minimum absolute atomic E-state index is 0.00704. The molecule has 0 aliphatic rings. The molecule has 0 bridgehead atoms. The maximum absolute atomic E-state index is 11.3. The molecule has 1 heterocycles. The number of rotatable bonds is 7. The summed E-state index contributed by atoms with van der Waals surface area (Å²) >= 11 is 1.61. The lowest BCUT2D eigenvalue weighted by atomic mass is 10.1. The summed E-state index contributed by atoms with van der Waals surface area (Å²) in [6.07, 6.45) is 2.12. The first-order valence-corrected chi connectivity index (χ1v) is 8.50. The van der Waals surface area contributed by atoms with Gasteiger partial charge in [0.15, 0.2) is 0 Å². The Kier molecular flexibility index (Phi) is 5.55. The van der Waals surface area contributed by atoms with Crippen LogP contribution in [0.4, 0.5) is 0 Å². The van der Waals surface area contributed by atoms with Crippen molar-refractivity contribution >= 4 is 21.2 Å². The van der Waals surface area contributed by atoms with E-state index in [1.54, 1.807) is 18.3 Å². The zero-order valence-electron chi connectivity index (χ0n) is 10.3. The van der Waals surface area contributed by atoms with E-state index in [0.717, 1.165) is 23.5 Å². The second-order valence-electron chi connectivity index (χ2n) is 4.23. The van der Waals surface area contributed by atoms with Crippen LogP contribution < -0.4 is 5.73 Å². The molecule has 0 saturated carbocycles. The van der Waals surface area contributed by atoms with Crippen molar-refractivity contribution < 1.29 is 8.42 Å². The Morgan fingerprint density at radius 3 is 2.76 bits per heavy atom. The zero-order chi connectivity index (χ0) is 12.9. The molecule has 0 spiro atoms. The molecule has 0 aromatic carbocycles. The molecule has 0 aliphatic heterocycles. The van der Waals surface area contributed by atoms with Gasteiger partial charge in [0.1, 0.15) is 9.84 Å². The molecular weight excluding hydrogens is 256 g/mol. The third-order valence-electron chi connectivity index (χ3n) is 2.57. The van der Waals surface area contributed by atoms with Crippen LogP contribution in [0.1, 0.15) is 30.5 Å². The summed E-state index contributed by atoms with van der Waals surface area (Å²) in [6, 6.07) is 0.00704. The van der Waals surface area contributed by atoms with Crippen molar-refractivity contribution in [2.75, 3.05) is 11.5 Å². The maximum Gasteiger partial charge on any atom is 0.150 e. The van der Waals surface area contributed by atoms with Crippen molar-refractivity contribution in [2.45, 2.75) is 39.2 Å². The molecule has 6 heteroatoms. The number of thiazole rings is 1. The lowest BCUT2D eigenvalue weighted by Gasteiger charge is -2.09. The molecule has 1 rings (SSSR count). The highest BCUT2D eigenvalue weighted by Crippen LogP contribution is 2.12. The topological polar surface area (TPSA) is 73.0 Å². The van der Waals surface area contributed by atoms with Crippen LogP contribution in [0.15, 0.2) is 5.38 Å². The van der Waals surface area contributed by atoms with E-state index in [9.17, 15) is 8.42 Å². The van der Waals surface area contributed by atoms with Gasteiger partial charge >= 0.3 is 0 Å². The highest BCUT2D eigenvalue weighted by molar-refractivity contribution is 7.91. The predicted octanol–water partition coefficient (Wildman–Crippen LogP) is 1.54. The molecule has 0 aliphatic carbocycles. The number of nitrogens with two attached hydrogens (primary N) is 1. The average molecular weight is 276 g/mol. The third-order valence-corrected chi connectivity index (χ3v) is 5.35. The number of aryl methyl sites for hydroxylation is 1. The molecule has 2 N–H and O–H groups in total. The molecule has 1 atom stereocenters. The number of hydrogen-bond acceptors (Lipinski definition) is 5. The van der Waals surface area contributed by atoms with Gasteiger partial charge < -0.3 is 5.73 Å². The minimum Gasteiger partial charge on any atom is -0.327 e. The zero-order valence-corrected chi connectivity index (χ0v) is 12.0. The molecule has 0 fully saturated rings. The lowest BCUT2D eigenvalue weighted by Crippen LogP contribution is -2.24. The van der Waals surface area contributed by atoms with Gasteiger partial charge in [-0.1, -0.05) is 6.92 Å². The highest BCUT2D eigenvalue weighted by atomic mass is 32.2. The average Bonchev–Trinajstić information content (AvgIpc) is 2.63. The summed E-state index contributed by atoms with van der Waals surface area (Å²) in [5, 5.41) is 3.04. The Morgan fingerprint density at radius 1 is 1.53 bits per heavy atom. The molecule has 17 heavy (non-hydrogen) atoms. The van der Waals surface area contributed by atoms with Crippen LogP contribution in [-0.2, 0) is 16.3 Å². The first kappa shape index (κ1) is 14.6. The van der Waals surface area contributed by atoms with Gasteiger partial charge in [0, 0.05) is 29.3 Å². The Bertz CT molecular complexity index is 440. The molecule has 98 valence electrons. The smallest absolute Gasteiger partial charge is 0.150 e. The lowest BCUT2D eigenvalue weighted by molar-refractivity contribution is 0.574. The van der Waals surface area contributed by atoms with Crippen LogP contribution in [0.25, 0.3) is 0 Å². The fraction of sp³-hybridized carbons (Fsp3) is 0.727. The van der Waals surface area contributed by atoms with Crippen molar-refractivity contribution in [3.8, 4) is 0 Å². The number of nitrogens with zero attached hydrogens (tertiary/aromatic N) is 1. The Balaban J connectivity index is 2.29. The van der Waals surface area contributed by atoms with E-state index >= 15 is 0 Å². The standard InChI is InChI=1S/C11H20N2O2S2/c1-3-17(14,15)6-4-5-10(12)7-11-13-9(2)8-16-11/h8,10H,3-7,12H2,1-2H3. The summed E-state index contributed by atoms with van der Waals surface area (Å²) in [6.45, 7) is 3.63. The second-order valence-corrected chi connectivity index (χ2v) is 7.64. The molecule has 1 unspecified atom stereocenters. The Hall–Kier alpha value is -0.460. The first-order valence-electron chi connectivity index (χ1n) is 5.80. The monoisotopic (exact) mass is 276 g/mol. The van der Waals surface area contributed by atoms with Gasteiger partial charge in [0.05, 0.1) is 10.8 Å². The summed E-state index contributed by atoms with van der Waals surface area (Å²) in [4.78, 5) is 4.34. The molecule has 0 amide bonds. The molecule has 1 aromatic rings. The molecule has 0 saturated heterocycles. The molecule has 0 radical (unpaired) electrons. The van der Waals surface area contributed by atoms with Crippen molar-refractivity contribution in [1.29, 1.82) is 0 Å². The van der Waals surface area contributed by atoms with Gasteiger partial charge in [0.25, 0.3) is 0 Å². The van der Waals surface area contributed by atoms with Crippen LogP contribution in [0.3, 0.4) is 0 Å². The minimum atomic E-state index is -2.85. The largest absolute Gasteiger partial charge is 0.327 e. The van der Waals surface area contributed by atoms with E-state index in [2.05, 4.69) is 4.98 Å². The van der Waals surface area contributed by atoms with E-state index in [-0.39, 0.29) is 17.5 Å². The summed E-state index contributed by atoms with van der Waals surface area (Å²) in [5.74, 6) is 0.460. The molecule has 4 nitrogen and oxygen atoms in total. The highest BCUT2D eigenvalue weighted by Gasteiger charge is 2.11. The third kappa shape index (κ3) is 5.61. The normalized spacial score (nSPS) is 13.8. The van der Waals surface area contributed by atoms with E-state index in [4.69, 9.17) is 5.73 Å². The van der Waals surface area contributed by atoms with Crippen LogP contribution in [0.2, 0.25) is 0 Å². The van der Waals surface area contributed by atoms with Gasteiger partial charge in [0.2, 0.25) is 0 Å². The van der Waals surface area contributed by atoms with Crippen LogP contribution in [-0.4, -0.2) is 30.9 Å². The van der Waals surface area contributed by atoms with E-state index in [1.807, 2.05) is 12.3 Å². The van der Waals surface area contributed by atoms with E-state index in [0.29, 0.717) is 6.42 Å². The van der Waals surface area contributed by atoms with Crippen LogP contribution in [0.5, 0.6) is 0 Å². The summed E-state index contributed by atoms with van der Waals surface area (Å²) in [7, 11) is -2.85. The van der Waals surface area contributed by atoms with Gasteiger partial charge in [-0.3, -0.25) is 0 Å². The second kappa shape index (κ2) is 6.47.